The summed E-state index contributed by atoms with van der Waals surface area (Å²) < 4.78 is 40.7. The van der Waals surface area contributed by atoms with E-state index in [1.54, 1.807) is 39.0 Å². The lowest BCUT2D eigenvalue weighted by Crippen LogP contribution is -2.30. The quantitative estimate of drug-likeness (QED) is 0.293. The second kappa shape index (κ2) is 14.0. The number of hydrogen-bond donors (Lipinski definition) is 1. The van der Waals surface area contributed by atoms with Gasteiger partial charge in [0, 0.05) is 0 Å². The van der Waals surface area contributed by atoms with E-state index in [-0.39, 0.29) is 37.8 Å². The van der Waals surface area contributed by atoms with Gasteiger partial charge in [-0.1, -0.05) is 30.1 Å². The summed E-state index contributed by atoms with van der Waals surface area (Å²) in [6.07, 6.45) is 8.49. The summed E-state index contributed by atoms with van der Waals surface area (Å²) in [6, 6.07) is 5.56. The number of hydrogen-bond acceptors (Lipinski definition) is 7. The van der Waals surface area contributed by atoms with Crippen molar-refractivity contribution in [3.05, 3.63) is 66.5 Å². The third kappa shape index (κ3) is 12.1. The summed E-state index contributed by atoms with van der Waals surface area (Å²) in [4.78, 5) is 11.8. The van der Waals surface area contributed by atoms with Gasteiger partial charge in [0.15, 0.2) is 5.79 Å². The third-order valence-electron chi connectivity index (χ3n) is 4.45. The highest BCUT2D eigenvalue weighted by Gasteiger charge is 2.40. The van der Waals surface area contributed by atoms with Gasteiger partial charge < -0.3 is 28.8 Å². The number of benzene rings is 1. The molecule has 0 radical (unpaired) electrons. The zero-order valence-corrected chi connectivity index (χ0v) is 21.4. The molecule has 0 saturated carbocycles. The lowest BCUT2D eigenvalue weighted by molar-refractivity contribution is -0.164. The largest absolute Gasteiger partial charge is 0.491 e. The number of carbonyl (C=O) groups is 1. The third-order valence-corrected chi connectivity index (χ3v) is 4.45. The van der Waals surface area contributed by atoms with Crippen molar-refractivity contribution in [2.24, 2.45) is 0 Å². The van der Waals surface area contributed by atoms with Crippen LogP contribution in [0.15, 0.2) is 60.7 Å². The standard InChI is InChI=1S/C28H35FO7/c1-27(2,3)36-26(31)20-32-19-25-24(34-28(4,5)35-25)13-11-9-7-6-8-10-12-22(30)18-33-23-16-14-21(29)15-17-23/h7,9-17,22,24-25,30H,18-20H2,1-5H3/b9-7+,12-10+,13-11+/t22-,24+,25-/m0/s1. The maximum Gasteiger partial charge on any atom is 0.332 e. The van der Waals surface area contributed by atoms with Gasteiger partial charge in [0.1, 0.15) is 48.7 Å². The fraction of sp³-hybridized carbons (Fsp3) is 0.464. The molecular formula is C28H35FO7. The van der Waals surface area contributed by atoms with Gasteiger partial charge in [-0.3, -0.25) is 0 Å². The fourth-order valence-corrected chi connectivity index (χ4v) is 3.09. The molecule has 1 fully saturated rings. The van der Waals surface area contributed by atoms with Crippen LogP contribution in [-0.2, 0) is 23.7 Å². The summed E-state index contributed by atoms with van der Waals surface area (Å²) in [7, 11) is 0. The first-order valence-electron chi connectivity index (χ1n) is 11.7. The molecule has 0 spiro atoms. The molecule has 1 aromatic rings. The average Bonchev–Trinajstić information content (AvgIpc) is 3.07. The number of halogens is 1. The Morgan fingerprint density at radius 1 is 1.17 bits per heavy atom. The zero-order chi connectivity index (χ0) is 26.6. The second-order valence-electron chi connectivity index (χ2n) is 9.46. The van der Waals surface area contributed by atoms with Gasteiger partial charge in [-0.25, -0.2) is 9.18 Å². The topological polar surface area (TPSA) is 83.5 Å². The predicted molar refractivity (Wildman–Crippen MR) is 134 cm³/mol. The molecule has 1 aromatic carbocycles. The van der Waals surface area contributed by atoms with Crippen molar-refractivity contribution in [3.63, 3.8) is 0 Å². The Balaban J connectivity index is 1.74. The molecule has 8 heteroatoms. The summed E-state index contributed by atoms with van der Waals surface area (Å²) in [5.41, 5.74) is -0.564. The van der Waals surface area contributed by atoms with E-state index in [2.05, 4.69) is 11.8 Å². The van der Waals surface area contributed by atoms with E-state index in [1.807, 2.05) is 19.9 Å². The van der Waals surface area contributed by atoms with Crippen LogP contribution in [0.4, 0.5) is 4.39 Å². The number of allylic oxidation sites excluding steroid dienone is 4. The Kier molecular flexibility index (Phi) is 11.3. The molecule has 1 heterocycles. The lowest BCUT2D eigenvalue weighted by Gasteiger charge is -2.20. The van der Waals surface area contributed by atoms with E-state index >= 15 is 0 Å². The Morgan fingerprint density at radius 3 is 2.56 bits per heavy atom. The molecule has 2 rings (SSSR count). The number of aliphatic hydroxyl groups is 1. The molecule has 1 aliphatic rings. The highest BCUT2D eigenvalue weighted by molar-refractivity contribution is 5.71. The number of ether oxygens (including phenoxy) is 5. The van der Waals surface area contributed by atoms with E-state index in [4.69, 9.17) is 23.7 Å². The van der Waals surface area contributed by atoms with Gasteiger partial charge in [0.2, 0.25) is 0 Å². The molecule has 0 bridgehead atoms. The molecule has 0 aromatic heterocycles. The molecule has 3 atom stereocenters. The monoisotopic (exact) mass is 502 g/mol. The number of carbonyl (C=O) groups excluding carboxylic acids is 1. The Bertz CT molecular complexity index is 978. The first-order chi connectivity index (χ1) is 16.9. The molecule has 1 N–H and O–H groups in total. The maximum atomic E-state index is 12.9. The van der Waals surface area contributed by atoms with Crippen LogP contribution in [-0.4, -0.2) is 60.6 Å². The van der Waals surface area contributed by atoms with Crippen LogP contribution < -0.4 is 4.74 Å². The van der Waals surface area contributed by atoms with Gasteiger partial charge in [0.05, 0.1) is 6.61 Å². The molecule has 7 nitrogen and oxygen atoms in total. The predicted octanol–water partition coefficient (Wildman–Crippen LogP) is 4.12. The normalized spacial score (nSPS) is 20.5. The van der Waals surface area contributed by atoms with Gasteiger partial charge in [-0.05, 0) is 77.1 Å². The van der Waals surface area contributed by atoms with Crippen LogP contribution in [0.25, 0.3) is 0 Å². The van der Waals surface area contributed by atoms with E-state index in [1.165, 1.54) is 36.4 Å². The number of rotatable bonds is 10. The number of aliphatic hydroxyl groups excluding tert-OH is 1. The smallest absolute Gasteiger partial charge is 0.332 e. The van der Waals surface area contributed by atoms with E-state index in [9.17, 15) is 14.3 Å². The van der Waals surface area contributed by atoms with Crippen molar-refractivity contribution in [3.8, 4) is 17.6 Å². The zero-order valence-electron chi connectivity index (χ0n) is 21.4. The van der Waals surface area contributed by atoms with Crippen molar-refractivity contribution in [1.82, 2.24) is 0 Å². The molecular weight excluding hydrogens is 467 g/mol. The lowest BCUT2D eigenvalue weighted by atomic mass is 10.2. The summed E-state index contributed by atoms with van der Waals surface area (Å²) >= 11 is 0. The van der Waals surface area contributed by atoms with Crippen molar-refractivity contribution in [2.75, 3.05) is 19.8 Å². The van der Waals surface area contributed by atoms with Gasteiger partial charge in [-0.2, -0.15) is 0 Å². The summed E-state index contributed by atoms with van der Waals surface area (Å²) in [5.74, 6) is 4.54. The Labute approximate surface area is 212 Å². The van der Waals surface area contributed by atoms with Crippen LogP contribution in [0.1, 0.15) is 34.6 Å². The van der Waals surface area contributed by atoms with E-state index < -0.39 is 23.5 Å². The first-order valence-corrected chi connectivity index (χ1v) is 11.7. The molecule has 0 amide bonds. The maximum absolute atomic E-state index is 12.9. The van der Waals surface area contributed by atoms with Crippen LogP contribution in [0.5, 0.6) is 5.75 Å². The minimum absolute atomic E-state index is 0.0326. The van der Waals surface area contributed by atoms with Gasteiger partial charge >= 0.3 is 5.97 Å². The summed E-state index contributed by atoms with van der Waals surface area (Å²) in [6.45, 7) is 9.07. The molecule has 196 valence electrons. The van der Waals surface area contributed by atoms with Crippen LogP contribution in [0.2, 0.25) is 0 Å². The van der Waals surface area contributed by atoms with Crippen molar-refractivity contribution < 1.29 is 38.0 Å². The number of esters is 1. The fourth-order valence-electron chi connectivity index (χ4n) is 3.09. The minimum Gasteiger partial charge on any atom is -0.491 e. The highest BCUT2D eigenvalue weighted by atomic mass is 19.1. The van der Waals surface area contributed by atoms with Crippen LogP contribution in [0.3, 0.4) is 0 Å². The summed E-state index contributed by atoms with van der Waals surface area (Å²) in [5, 5.41) is 9.89. The molecule has 1 saturated heterocycles. The van der Waals surface area contributed by atoms with Crippen LogP contribution >= 0.6 is 0 Å². The first kappa shape index (κ1) is 29.3. The molecule has 0 unspecified atom stereocenters. The Morgan fingerprint density at radius 2 is 1.86 bits per heavy atom. The van der Waals surface area contributed by atoms with Gasteiger partial charge in [-0.15, -0.1) is 0 Å². The van der Waals surface area contributed by atoms with Gasteiger partial charge in [0.25, 0.3) is 0 Å². The average molecular weight is 503 g/mol. The van der Waals surface area contributed by atoms with Crippen molar-refractivity contribution in [1.29, 1.82) is 0 Å². The Hall–Kier alpha value is -2.96. The van der Waals surface area contributed by atoms with Crippen molar-refractivity contribution >= 4 is 5.97 Å². The molecule has 1 aliphatic heterocycles. The van der Waals surface area contributed by atoms with Crippen LogP contribution in [0, 0.1) is 17.7 Å². The second-order valence-corrected chi connectivity index (χ2v) is 9.46. The minimum atomic E-state index is -0.842. The van der Waals surface area contributed by atoms with E-state index in [0.717, 1.165) is 0 Å². The SMILES string of the molecule is CC(C)(C)OC(=O)COC[C@@H]1OC(C)(C)O[C@@H]1/C=C/C=C/C#C/C=C/[C@H](O)COc1ccc(F)cc1. The van der Waals surface area contributed by atoms with Crippen molar-refractivity contribution in [2.45, 2.75) is 64.3 Å². The highest BCUT2D eigenvalue weighted by Crippen LogP contribution is 2.29. The molecule has 0 aliphatic carbocycles. The molecule has 36 heavy (non-hydrogen) atoms. The van der Waals surface area contributed by atoms with E-state index in [0.29, 0.717) is 5.75 Å².